The highest BCUT2D eigenvalue weighted by Gasteiger charge is 2.34. The molecule has 2 aliphatic rings. The topological polar surface area (TPSA) is 82.1 Å². The van der Waals surface area contributed by atoms with Crippen LogP contribution in [0.2, 0.25) is 0 Å². The van der Waals surface area contributed by atoms with Crippen LogP contribution in [0.15, 0.2) is 48.3 Å². The number of fused-ring (bicyclic) bond motifs is 1. The van der Waals surface area contributed by atoms with Gasteiger partial charge < -0.3 is 21.1 Å². The summed E-state index contributed by atoms with van der Waals surface area (Å²) < 4.78 is 39.6. The van der Waals surface area contributed by atoms with Crippen molar-refractivity contribution in [1.29, 1.82) is 0 Å². The first-order valence-corrected chi connectivity index (χ1v) is 9.03. The minimum absolute atomic E-state index is 0.0559. The van der Waals surface area contributed by atoms with E-state index >= 15 is 0 Å². The molecule has 4 rings (SSSR count). The highest BCUT2D eigenvalue weighted by atomic mass is 19.4. The highest BCUT2D eigenvalue weighted by Crippen LogP contribution is 2.34. The standard InChI is InChI=1S/C15H13F3N4O.C4H9N/c16-15(17,18)10-5-9(6-11-14(10)21-4-3-20-11)7-22-12-8-19-2-1-13(12)23;1-2-4-5-3-1/h1,3-6,8,19,22-23H,2,7H2;5H,1-4H2. The second-order valence-corrected chi connectivity index (χ2v) is 6.43. The second kappa shape index (κ2) is 8.92. The lowest BCUT2D eigenvalue weighted by Crippen LogP contribution is -2.22. The molecule has 9 heteroatoms. The number of halogens is 3. The van der Waals surface area contributed by atoms with E-state index in [-0.39, 0.29) is 23.3 Å². The van der Waals surface area contributed by atoms with Crippen LogP contribution < -0.4 is 16.0 Å². The molecule has 1 saturated heterocycles. The molecule has 1 aromatic heterocycles. The van der Waals surface area contributed by atoms with E-state index < -0.39 is 11.7 Å². The second-order valence-electron chi connectivity index (χ2n) is 6.43. The largest absolute Gasteiger partial charge is 0.506 e. The molecule has 0 atom stereocenters. The first-order valence-electron chi connectivity index (χ1n) is 9.03. The Labute approximate surface area is 160 Å². The molecule has 1 aromatic carbocycles. The molecule has 150 valence electrons. The number of benzene rings is 1. The fourth-order valence-electron chi connectivity index (χ4n) is 2.92. The Bertz CT molecular complexity index is 868. The van der Waals surface area contributed by atoms with Gasteiger partial charge in [-0.2, -0.15) is 13.2 Å². The van der Waals surface area contributed by atoms with Crippen molar-refractivity contribution in [2.45, 2.75) is 25.6 Å². The van der Waals surface area contributed by atoms with E-state index in [1.807, 2.05) is 0 Å². The Morgan fingerprint density at radius 2 is 1.86 bits per heavy atom. The van der Waals surface area contributed by atoms with Crippen molar-refractivity contribution >= 4 is 11.0 Å². The average molecular weight is 393 g/mol. The Morgan fingerprint density at radius 3 is 2.50 bits per heavy atom. The number of hydrogen-bond acceptors (Lipinski definition) is 6. The van der Waals surface area contributed by atoms with Gasteiger partial charge in [0.25, 0.3) is 0 Å². The third-order valence-electron chi connectivity index (χ3n) is 4.31. The smallest absolute Gasteiger partial charge is 0.418 e. The van der Waals surface area contributed by atoms with E-state index in [1.54, 1.807) is 18.3 Å². The third-order valence-corrected chi connectivity index (χ3v) is 4.31. The molecule has 0 radical (unpaired) electrons. The molecule has 4 N–H and O–H groups in total. The van der Waals surface area contributed by atoms with Gasteiger partial charge in [-0.1, -0.05) is 0 Å². The fourth-order valence-corrected chi connectivity index (χ4v) is 2.92. The maximum absolute atomic E-state index is 13.2. The molecule has 28 heavy (non-hydrogen) atoms. The zero-order chi connectivity index (χ0) is 20.0. The van der Waals surface area contributed by atoms with E-state index in [1.165, 1.54) is 38.3 Å². The van der Waals surface area contributed by atoms with Crippen LogP contribution in [0.3, 0.4) is 0 Å². The minimum atomic E-state index is -4.52. The highest BCUT2D eigenvalue weighted by molar-refractivity contribution is 5.79. The van der Waals surface area contributed by atoms with Crippen LogP contribution in [0.4, 0.5) is 13.2 Å². The van der Waals surface area contributed by atoms with Crippen LogP contribution in [0, 0.1) is 0 Å². The number of rotatable bonds is 3. The summed E-state index contributed by atoms with van der Waals surface area (Å²) in [6.07, 6.45) is 3.98. The zero-order valence-corrected chi connectivity index (χ0v) is 15.2. The molecule has 0 bridgehead atoms. The molecule has 0 amide bonds. The molecule has 0 unspecified atom stereocenters. The van der Waals surface area contributed by atoms with E-state index in [2.05, 4.69) is 25.9 Å². The van der Waals surface area contributed by atoms with Crippen molar-refractivity contribution in [3.63, 3.8) is 0 Å². The Balaban J connectivity index is 0.000000391. The van der Waals surface area contributed by atoms with Crippen molar-refractivity contribution in [2.24, 2.45) is 0 Å². The van der Waals surface area contributed by atoms with Crippen molar-refractivity contribution in [2.75, 3.05) is 19.6 Å². The zero-order valence-electron chi connectivity index (χ0n) is 15.2. The Kier molecular flexibility index (Phi) is 6.35. The van der Waals surface area contributed by atoms with Crippen LogP contribution in [-0.4, -0.2) is 34.7 Å². The molecule has 2 aliphatic heterocycles. The van der Waals surface area contributed by atoms with Gasteiger partial charge in [0.2, 0.25) is 0 Å². The first kappa shape index (κ1) is 19.9. The summed E-state index contributed by atoms with van der Waals surface area (Å²) in [6, 6.07) is 2.59. The van der Waals surface area contributed by atoms with Crippen LogP contribution in [0.5, 0.6) is 0 Å². The normalized spacial score (nSPS) is 16.5. The number of dihydropyridines is 1. The van der Waals surface area contributed by atoms with E-state index in [4.69, 9.17) is 0 Å². The maximum atomic E-state index is 13.2. The third kappa shape index (κ3) is 5.13. The number of aromatic nitrogens is 2. The van der Waals surface area contributed by atoms with Gasteiger partial charge in [-0.3, -0.25) is 9.97 Å². The lowest BCUT2D eigenvalue weighted by Gasteiger charge is -2.16. The number of alkyl halides is 3. The number of hydrogen-bond donors (Lipinski definition) is 4. The predicted octanol–water partition coefficient (Wildman–Crippen LogP) is 2.99. The minimum Gasteiger partial charge on any atom is -0.506 e. The van der Waals surface area contributed by atoms with Crippen molar-refractivity contribution in [3.8, 4) is 0 Å². The van der Waals surface area contributed by atoms with E-state index in [9.17, 15) is 18.3 Å². The lowest BCUT2D eigenvalue weighted by atomic mass is 10.1. The van der Waals surface area contributed by atoms with Crippen LogP contribution in [0.25, 0.3) is 11.0 Å². The molecule has 2 aromatic rings. The summed E-state index contributed by atoms with van der Waals surface area (Å²) in [4.78, 5) is 7.73. The molecular weight excluding hydrogens is 371 g/mol. The van der Waals surface area contributed by atoms with Gasteiger partial charge in [-0.05, 0) is 49.7 Å². The number of nitrogens with zero attached hydrogens (tertiary/aromatic N) is 2. The van der Waals surface area contributed by atoms with Gasteiger partial charge >= 0.3 is 6.18 Å². The number of aliphatic hydroxyl groups excluding tert-OH is 1. The van der Waals surface area contributed by atoms with Gasteiger partial charge in [0.05, 0.1) is 16.8 Å². The van der Waals surface area contributed by atoms with E-state index in [0.717, 1.165) is 6.07 Å². The van der Waals surface area contributed by atoms with Crippen molar-refractivity contribution < 1.29 is 18.3 Å². The molecule has 6 nitrogen and oxygen atoms in total. The van der Waals surface area contributed by atoms with Gasteiger partial charge in [-0.15, -0.1) is 0 Å². The molecule has 1 fully saturated rings. The van der Waals surface area contributed by atoms with Gasteiger partial charge in [-0.25, -0.2) is 0 Å². The quantitative estimate of drug-likeness (QED) is 0.642. The summed E-state index contributed by atoms with van der Waals surface area (Å²) in [7, 11) is 0. The van der Waals surface area contributed by atoms with Gasteiger partial charge in [0, 0.05) is 31.7 Å². The SMILES string of the molecule is C1CCNC1.OC1=CCNC=C1NCc1cc(C(F)(F)F)c2nccnc2c1. The monoisotopic (exact) mass is 393 g/mol. The van der Waals surface area contributed by atoms with E-state index in [0.29, 0.717) is 17.8 Å². The summed E-state index contributed by atoms with van der Waals surface area (Å²) in [5.41, 5.74) is -0.0104. The van der Waals surface area contributed by atoms with Crippen LogP contribution >= 0.6 is 0 Å². The maximum Gasteiger partial charge on any atom is 0.418 e. The van der Waals surface area contributed by atoms with Crippen LogP contribution in [0.1, 0.15) is 24.0 Å². The Hall–Kier alpha value is -2.81. The summed E-state index contributed by atoms with van der Waals surface area (Å²) in [5.74, 6) is 0.0559. The van der Waals surface area contributed by atoms with Crippen LogP contribution in [-0.2, 0) is 12.7 Å². The molecule has 3 heterocycles. The number of nitrogens with one attached hydrogen (secondary N) is 3. The number of aliphatic hydroxyl groups is 1. The predicted molar refractivity (Wildman–Crippen MR) is 100 cm³/mol. The molecule has 0 saturated carbocycles. The van der Waals surface area contributed by atoms with Crippen molar-refractivity contribution in [3.05, 3.63) is 59.4 Å². The van der Waals surface area contributed by atoms with Crippen molar-refractivity contribution in [1.82, 2.24) is 25.9 Å². The summed E-state index contributed by atoms with van der Waals surface area (Å²) >= 11 is 0. The summed E-state index contributed by atoms with van der Waals surface area (Å²) in [6.45, 7) is 3.11. The molecular formula is C19H22F3N5O. The van der Waals surface area contributed by atoms with Gasteiger partial charge in [0.1, 0.15) is 11.3 Å². The first-order chi connectivity index (χ1) is 13.4. The fraction of sp³-hybridized carbons (Fsp3) is 0.368. The molecule has 0 spiro atoms. The average Bonchev–Trinajstić information content (AvgIpc) is 3.26. The van der Waals surface area contributed by atoms with Gasteiger partial charge in [0.15, 0.2) is 0 Å². The summed E-state index contributed by atoms with van der Waals surface area (Å²) in [5, 5.41) is 18.7. The molecule has 0 aliphatic carbocycles. The lowest BCUT2D eigenvalue weighted by molar-refractivity contribution is -0.136. The Morgan fingerprint density at radius 1 is 1.11 bits per heavy atom.